The molecule has 0 aliphatic heterocycles. The highest BCUT2D eigenvalue weighted by atomic mass is 16.1. The van der Waals surface area contributed by atoms with Crippen LogP contribution in [0.2, 0.25) is 0 Å². The number of rotatable bonds is 4. The van der Waals surface area contributed by atoms with Crippen LogP contribution >= 0.6 is 0 Å². The van der Waals surface area contributed by atoms with Gasteiger partial charge in [-0.3, -0.25) is 4.79 Å². The average Bonchev–Trinajstić information content (AvgIpc) is 2.50. The standard InChI is InChI=1S/C14H25NO.2C2H6/c1-4-13(16)12(15)7-9-5-6-10-8-11(9)14(10,2)3;2*1-2/h9-12H,4-8,15H2,1-3H3;2*1-2H3. The molecule has 0 aromatic heterocycles. The van der Waals surface area contributed by atoms with Gasteiger partial charge in [0.2, 0.25) is 0 Å². The Morgan fingerprint density at radius 3 is 2.15 bits per heavy atom. The minimum atomic E-state index is -0.206. The molecule has 3 rings (SSSR count). The molecule has 0 aromatic rings. The van der Waals surface area contributed by atoms with E-state index in [2.05, 4.69) is 13.8 Å². The van der Waals surface area contributed by atoms with Crippen molar-refractivity contribution >= 4 is 5.78 Å². The van der Waals surface area contributed by atoms with E-state index < -0.39 is 0 Å². The number of carbonyl (C=O) groups is 1. The van der Waals surface area contributed by atoms with E-state index in [1.807, 2.05) is 34.6 Å². The number of hydrogen-bond acceptors (Lipinski definition) is 2. The Hall–Kier alpha value is -0.370. The molecule has 3 aliphatic carbocycles. The van der Waals surface area contributed by atoms with Gasteiger partial charge < -0.3 is 5.73 Å². The van der Waals surface area contributed by atoms with E-state index in [0.29, 0.717) is 17.8 Å². The van der Waals surface area contributed by atoms with Crippen LogP contribution in [0.15, 0.2) is 0 Å². The lowest BCUT2D eigenvalue weighted by atomic mass is 9.45. The van der Waals surface area contributed by atoms with E-state index >= 15 is 0 Å². The number of Topliss-reactive ketones (excluding diaryl/α,β-unsaturated/α-hetero) is 1. The fourth-order valence-corrected chi connectivity index (χ4v) is 3.96. The molecular formula is C18H37NO. The smallest absolute Gasteiger partial charge is 0.149 e. The van der Waals surface area contributed by atoms with E-state index in [0.717, 1.165) is 18.3 Å². The quantitative estimate of drug-likeness (QED) is 0.804. The SMILES string of the molecule is CC.CC.CCC(=O)C(N)CC1CCC2CC1C2(C)C. The highest BCUT2D eigenvalue weighted by Gasteiger charge is 2.54. The van der Waals surface area contributed by atoms with Gasteiger partial charge in [-0.1, -0.05) is 48.5 Å². The fraction of sp³-hybridized carbons (Fsp3) is 0.944. The van der Waals surface area contributed by atoms with Gasteiger partial charge in [0.05, 0.1) is 6.04 Å². The normalized spacial score (nSPS) is 30.7. The zero-order valence-corrected chi connectivity index (χ0v) is 14.8. The Balaban J connectivity index is 0.000000829. The maximum atomic E-state index is 11.5. The van der Waals surface area contributed by atoms with Crippen molar-refractivity contribution in [3.05, 3.63) is 0 Å². The van der Waals surface area contributed by atoms with Crippen LogP contribution in [0.5, 0.6) is 0 Å². The second kappa shape index (κ2) is 8.81. The van der Waals surface area contributed by atoms with Crippen molar-refractivity contribution in [2.24, 2.45) is 28.9 Å². The van der Waals surface area contributed by atoms with Gasteiger partial charge in [-0.15, -0.1) is 0 Å². The van der Waals surface area contributed by atoms with Gasteiger partial charge in [-0.2, -0.15) is 0 Å². The van der Waals surface area contributed by atoms with Gasteiger partial charge in [-0.05, 0) is 48.9 Å². The summed E-state index contributed by atoms with van der Waals surface area (Å²) >= 11 is 0. The van der Waals surface area contributed by atoms with Crippen molar-refractivity contribution in [2.75, 3.05) is 0 Å². The van der Waals surface area contributed by atoms with Crippen molar-refractivity contribution in [2.45, 2.75) is 86.6 Å². The number of ketones is 1. The lowest BCUT2D eigenvalue weighted by molar-refractivity contribution is -0.125. The first kappa shape index (κ1) is 19.6. The van der Waals surface area contributed by atoms with Crippen molar-refractivity contribution < 1.29 is 4.79 Å². The molecule has 3 aliphatic rings. The Morgan fingerprint density at radius 2 is 1.75 bits per heavy atom. The summed E-state index contributed by atoms with van der Waals surface area (Å²) in [6, 6.07) is -0.206. The van der Waals surface area contributed by atoms with Gasteiger partial charge in [0.15, 0.2) is 0 Å². The zero-order chi connectivity index (χ0) is 15.9. The second-order valence-corrected chi connectivity index (χ2v) is 6.36. The van der Waals surface area contributed by atoms with Crippen molar-refractivity contribution in [3.8, 4) is 0 Å². The number of nitrogens with two attached hydrogens (primary N) is 1. The minimum absolute atomic E-state index is 0.206. The van der Waals surface area contributed by atoms with Gasteiger partial charge in [0.25, 0.3) is 0 Å². The van der Waals surface area contributed by atoms with Crippen molar-refractivity contribution in [3.63, 3.8) is 0 Å². The molecule has 3 saturated carbocycles. The third kappa shape index (κ3) is 4.07. The van der Waals surface area contributed by atoms with Gasteiger partial charge in [-0.25, -0.2) is 0 Å². The molecule has 3 fully saturated rings. The molecular weight excluding hydrogens is 246 g/mol. The van der Waals surface area contributed by atoms with Gasteiger partial charge >= 0.3 is 0 Å². The summed E-state index contributed by atoms with van der Waals surface area (Å²) < 4.78 is 0. The minimum Gasteiger partial charge on any atom is -0.322 e. The Labute approximate surface area is 126 Å². The first-order valence-corrected chi connectivity index (χ1v) is 8.75. The molecule has 0 spiro atoms. The molecule has 2 heteroatoms. The van der Waals surface area contributed by atoms with Crippen LogP contribution in [0.3, 0.4) is 0 Å². The van der Waals surface area contributed by atoms with Gasteiger partial charge in [0.1, 0.15) is 5.78 Å². The van der Waals surface area contributed by atoms with Crippen LogP contribution in [-0.2, 0) is 4.79 Å². The van der Waals surface area contributed by atoms with E-state index in [9.17, 15) is 4.79 Å². The average molecular weight is 284 g/mol. The van der Waals surface area contributed by atoms with Crippen LogP contribution in [0.1, 0.15) is 80.6 Å². The second-order valence-electron chi connectivity index (χ2n) is 6.36. The predicted molar refractivity (Wildman–Crippen MR) is 88.7 cm³/mol. The molecule has 0 heterocycles. The topological polar surface area (TPSA) is 43.1 Å². The summed E-state index contributed by atoms with van der Waals surface area (Å²) in [6.45, 7) is 14.7. The lowest BCUT2D eigenvalue weighted by Crippen LogP contribution is -2.53. The molecule has 2 N–H and O–H groups in total. The summed E-state index contributed by atoms with van der Waals surface area (Å²) in [6.07, 6.45) is 5.54. The summed E-state index contributed by atoms with van der Waals surface area (Å²) in [5, 5.41) is 0. The number of fused-ring (bicyclic) bond motifs is 2. The molecule has 0 aromatic carbocycles. The summed E-state index contributed by atoms with van der Waals surface area (Å²) in [4.78, 5) is 11.5. The summed E-state index contributed by atoms with van der Waals surface area (Å²) in [5.41, 5.74) is 6.49. The third-order valence-electron chi connectivity index (χ3n) is 5.32. The van der Waals surface area contributed by atoms with E-state index in [1.165, 1.54) is 19.3 Å². The van der Waals surface area contributed by atoms with Crippen LogP contribution < -0.4 is 5.73 Å². The summed E-state index contributed by atoms with van der Waals surface area (Å²) in [5.74, 6) is 2.69. The van der Waals surface area contributed by atoms with Crippen LogP contribution in [0.4, 0.5) is 0 Å². The highest BCUT2D eigenvalue weighted by molar-refractivity contribution is 5.83. The van der Waals surface area contributed by atoms with E-state index in [1.54, 1.807) is 0 Å². The Kier molecular flexibility index (Phi) is 8.65. The first-order valence-electron chi connectivity index (χ1n) is 8.75. The number of hydrogen-bond donors (Lipinski definition) is 1. The molecule has 0 saturated heterocycles. The predicted octanol–water partition coefficient (Wildman–Crippen LogP) is 4.81. The van der Waals surface area contributed by atoms with E-state index in [-0.39, 0.29) is 11.8 Å². The maximum Gasteiger partial charge on any atom is 0.149 e. The lowest BCUT2D eigenvalue weighted by Gasteiger charge is -2.60. The zero-order valence-electron chi connectivity index (χ0n) is 14.8. The maximum absolute atomic E-state index is 11.5. The molecule has 2 bridgehead atoms. The van der Waals surface area contributed by atoms with Crippen LogP contribution in [0, 0.1) is 23.2 Å². The number of carbonyl (C=O) groups excluding carboxylic acids is 1. The third-order valence-corrected chi connectivity index (χ3v) is 5.32. The van der Waals surface area contributed by atoms with Gasteiger partial charge in [0, 0.05) is 6.42 Å². The molecule has 0 amide bonds. The first-order chi connectivity index (χ1) is 9.46. The highest BCUT2D eigenvalue weighted by Crippen LogP contribution is 2.62. The molecule has 20 heavy (non-hydrogen) atoms. The van der Waals surface area contributed by atoms with Crippen molar-refractivity contribution in [1.29, 1.82) is 0 Å². The monoisotopic (exact) mass is 283 g/mol. The van der Waals surface area contributed by atoms with Crippen LogP contribution in [-0.4, -0.2) is 11.8 Å². The largest absolute Gasteiger partial charge is 0.322 e. The van der Waals surface area contributed by atoms with Crippen molar-refractivity contribution in [1.82, 2.24) is 0 Å². The van der Waals surface area contributed by atoms with E-state index in [4.69, 9.17) is 5.73 Å². The summed E-state index contributed by atoms with van der Waals surface area (Å²) in [7, 11) is 0. The molecule has 0 radical (unpaired) electrons. The Bertz CT molecular complexity index is 283. The molecule has 4 unspecified atom stereocenters. The fourth-order valence-electron chi connectivity index (χ4n) is 3.96. The Morgan fingerprint density at radius 1 is 1.20 bits per heavy atom. The molecule has 4 atom stereocenters. The molecule has 2 nitrogen and oxygen atoms in total. The molecule has 120 valence electrons. The van der Waals surface area contributed by atoms with Crippen LogP contribution in [0.25, 0.3) is 0 Å².